The maximum Gasteiger partial charge on any atom is 0.141 e. The summed E-state index contributed by atoms with van der Waals surface area (Å²) in [6.45, 7) is 7.50. The van der Waals surface area contributed by atoms with Crippen LogP contribution in [-0.4, -0.2) is 35.6 Å². The maximum absolute atomic E-state index is 4.52. The number of hydrogen-bond acceptors (Lipinski definition) is 5. The monoisotopic (exact) mass is 262 g/mol. The van der Waals surface area contributed by atoms with Gasteiger partial charge in [-0.05, 0) is 19.4 Å². The minimum absolute atomic E-state index is 0.488. The number of piperazine rings is 1. The molecule has 1 saturated heterocycles. The largest absolute Gasteiger partial charge is 0.351 e. The van der Waals surface area contributed by atoms with E-state index >= 15 is 0 Å². The van der Waals surface area contributed by atoms with Crippen LogP contribution in [0.5, 0.6) is 0 Å². The van der Waals surface area contributed by atoms with E-state index in [1.165, 1.54) is 10.3 Å². The van der Waals surface area contributed by atoms with Gasteiger partial charge < -0.3 is 10.2 Å². The molecular weight excluding hydrogens is 244 g/mol. The highest BCUT2D eigenvalue weighted by molar-refractivity contribution is 7.18. The third-order valence-electron chi connectivity index (χ3n) is 3.48. The van der Waals surface area contributed by atoms with Crippen LogP contribution in [0.3, 0.4) is 0 Å². The third-order valence-corrected chi connectivity index (χ3v) is 4.67. The van der Waals surface area contributed by atoms with Crippen LogP contribution < -0.4 is 10.2 Å². The van der Waals surface area contributed by atoms with E-state index in [2.05, 4.69) is 40.1 Å². The molecule has 0 aromatic carbocycles. The second kappa shape index (κ2) is 4.82. The fourth-order valence-electron chi connectivity index (χ4n) is 2.45. The molecule has 1 fully saturated rings. The van der Waals surface area contributed by atoms with Gasteiger partial charge in [0.05, 0.1) is 5.39 Å². The predicted molar refractivity (Wildman–Crippen MR) is 76.5 cm³/mol. The Hall–Kier alpha value is -1.20. The molecule has 1 aliphatic rings. The van der Waals surface area contributed by atoms with Gasteiger partial charge in [-0.15, -0.1) is 11.3 Å². The Morgan fingerprint density at radius 3 is 3.17 bits per heavy atom. The van der Waals surface area contributed by atoms with Gasteiger partial charge >= 0.3 is 0 Å². The summed E-state index contributed by atoms with van der Waals surface area (Å²) in [6.07, 6.45) is 2.76. The molecule has 1 aliphatic heterocycles. The molecule has 0 spiro atoms. The van der Waals surface area contributed by atoms with E-state index in [0.717, 1.165) is 36.7 Å². The Morgan fingerprint density at radius 1 is 1.50 bits per heavy atom. The van der Waals surface area contributed by atoms with Gasteiger partial charge in [-0.1, -0.05) is 6.92 Å². The summed E-state index contributed by atoms with van der Waals surface area (Å²) < 4.78 is 0. The van der Waals surface area contributed by atoms with Crippen LogP contribution in [-0.2, 0) is 6.42 Å². The molecule has 3 heterocycles. The highest BCUT2D eigenvalue weighted by Crippen LogP contribution is 2.31. The lowest BCUT2D eigenvalue weighted by Gasteiger charge is -2.35. The first-order valence-corrected chi connectivity index (χ1v) is 7.32. The van der Waals surface area contributed by atoms with E-state index in [4.69, 9.17) is 0 Å². The van der Waals surface area contributed by atoms with Crippen LogP contribution in [0, 0.1) is 0 Å². The standard InChI is InChI=1S/C13H18N4S/c1-3-10-6-11-12(15-8-16-13(11)18-10)17-5-4-14-7-9(17)2/h6,8-9,14H,3-5,7H2,1-2H3. The molecule has 0 bridgehead atoms. The van der Waals surface area contributed by atoms with Gasteiger partial charge in [-0.25, -0.2) is 9.97 Å². The molecule has 3 rings (SSSR count). The van der Waals surface area contributed by atoms with Crippen molar-refractivity contribution in [3.63, 3.8) is 0 Å². The summed E-state index contributed by atoms with van der Waals surface area (Å²) in [5.41, 5.74) is 0. The van der Waals surface area contributed by atoms with Gasteiger partial charge in [0.1, 0.15) is 17.0 Å². The minimum atomic E-state index is 0.488. The molecule has 5 heteroatoms. The molecule has 4 nitrogen and oxygen atoms in total. The molecule has 1 unspecified atom stereocenters. The number of rotatable bonds is 2. The molecule has 0 aliphatic carbocycles. The maximum atomic E-state index is 4.52. The zero-order chi connectivity index (χ0) is 12.5. The summed E-state index contributed by atoms with van der Waals surface area (Å²) in [5.74, 6) is 1.10. The first kappa shape index (κ1) is 11.9. The van der Waals surface area contributed by atoms with Gasteiger partial charge in [-0.3, -0.25) is 0 Å². The second-order valence-corrected chi connectivity index (χ2v) is 5.84. The van der Waals surface area contributed by atoms with E-state index in [9.17, 15) is 0 Å². The number of aryl methyl sites for hydroxylation is 1. The number of hydrogen-bond donors (Lipinski definition) is 1. The smallest absolute Gasteiger partial charge is 0.141 e. The Labute approximate surface area is 111 Å². The fourth-order valence-corrected chi connectivity index (χ4v) is 3.38. The van der Waals surface area contributed by atoms with Crippen LogP contribution >= 0.6 is 11.3 Å². The minimum Gasteiger partial charge on any atom is -0.351 e. The molecule has 18 heavy (non-hydrogen) atoms. The highest BCUT2D eigenvalue weighted by atomic mass is 32.1. The summed E-state index contributed by atoms with van der Waals surface area (Å²) in [7, 11) is 0. The van der Waals surface area contributed by atoms with Gasteiger partial charge in [0.25, 0.3) is 0 Å². The molecule has 0 saturated carbocycles. The van der Waals surface area contributed by atoms with Crippen molar-refractivity contribution >= 4 is 27.4 Å². The lowest BCUT2D eigenvalue weighted by Crippen LogP contribution is -2.50. The van der Waals surface area contributed by atoms with Crippen molar-refractivity contribution in [2.24, 2.45) is 0 Å². The van der Waals surface area contributed by atoms with Crippen molar-refractivity contribution in [1.29, 1.82) is 0 Å². The summed E-state index contributed by atoms with van der Waals surface area (Å²) in [4.78, 5) is 13.8. The normalized spacial score (nSPS) is 20.6. The molecule has 0 amide bonds. The zero-order valence-corrected chi connectivity index (χ0v) is 11.6. The van der Waals surface area contributed by atoms with Gasteiger partial charge in [-0.2, -0.15) is 0 Å². The van der Waals surface area contributed by atoms with Crippen molar-refractivity contribution in [2.75, 3.05) is 24.5 Å². The van der Waals surface area contributed by atoms with Crippen LogP contribution in [0.1, 0.15) is 18.7 Å². The van der Waals surface area contributed by atoms with Crippen molar-refractivity contribution < 1.29 is 0 Å². The predicted octanol–water partition coefficient (Wildman–Crippen LogP) is 2.05. The Balaban J connectivity index is 2.07. The Kier molecular flexibility index (Phi) is 3.18. The van der Waals surface area contributed by atoms with Crippen LogP contribution in [0.15, 0.2) is 12.4 Å². The van der Waals surface area contributed by atoms with Crippen LogP contribution in [0.2, 0.25) is 0 Å². The number of nitrogens with zero attached hydrogens (tertiary/aromatic N) is 3. The molecule has 2 aromatic rings. The van der Waals surface area contributed by atoms with E-state index < -0.39 is 0 Å². The van der Waals surface area contributed by atoms with E-state index in [0.29, 0.717) is 6.04 Å². The fraction of sp³-hybridized carbons (Fsp3) is 0.538. The van der Waals surface area contributed by atoms with E-state index in [1.54, 1.807) is 17.7 Å². The zero-order valence-electron chi connectivity index (χ0n) is 10.8. The van der Waals surface area contributed by atoms with Gasteiger partial charge in [0, 0.05) is 30.6 Å². The Bertz CT molecular complexity index is 551. The summed E-state index contributed by atoms with van der Waals surface area (Å²) >= 11 is 1.78. The van der Waals surface area contributed by atoms with Crippen LogP contribution in [0.25, 0.3) is 10.2 Å². The van der Waals surface area contributed by atoms with Crippen molar-refractivity contribution in [3.8, 4) is 0 Å². The highest BCUT2D eigenvalue weighted by Gasteiger charge is 2.22. The quantitative estimate of drug-likeness (QED) is 0.899. The molecule has 1 atom stereocenters. The number of fused-ring (bicyclic) bond motifs is 1. The summed E-state index contributed by atoms with van der Waals surface area (Å²) in [5, 5.41) is 4.63. The van der Waals surface area contributed by atoms with Crippen molar-refractivity contribution in [2.45, 2.75) is 26.3 Å². The van der Waals surface area contributed by atoms with Crippen LogP contribution in [0.4, 0.5) is 5.82 Å². The molecule has 2 aromatic heterocycles. The van der Waals surface area contributed by atoms with Crippen molar-refractivity contribution in [1.82, 2.24) is 15.3 Å². The van der Waals surface area contributed by atoms with Crippen molar-refractivity contribution in [3.05, 3.63) is 17.3 Å². The number of anilines is 1. The van der Waals surface area contributed by atoms with Gasteiger partial charge in [0.2, 0.25) is 0 Å². The second-order valence-electron chi connectivity index (χ2n) is 4.73. The first-order valence-electron chi connectivity index (χ1n) is 6.50. The lowest BCUT2D eigenvalue weighted by atomic mass is 10.2. The average molecular weight is 262 g/mol. The lowest BCUT2D eigenvalue weighted by molar-refractivity contribution is 0.498. The van der Waals surface area contributed by atoms with E-state index in [1.807, 2.05) is 0 Å². The number of thiophene rings is 1. The topological polar surface area (TPSA) is 41.0 Å². The molecule has 96 valence electrons. The Morgan fingerprint density at radius 2 is 2.39 bits per heavy atom. The molecule has 1 N–H and O–H groups in total. The summed E-state index contributed by atoms with van der Waals surface area (Å²) in [6, 6.07) is 2.74. The number of nitrogens with one attached hydrogen (secondary N) is 1. The first-order chi connectivity index (χ1) is 8.79. The molecular formula is C13H18N4S. The molecule has 0 radical (unpaired) electrons. The van der Waals surface area contributed by atoms with E-state index in [-0.39, 0.29) is 0 Å². The number of aromatic nitrogens is 2. The average Bonchev–Trinajstić information content (AvgIpc) is 2.82. The SMILES string of the molecule is CCc1cc2c(N3CCNCC3C)ncnc2s1. The third kappa shape index (κ3) is 1.97. The van der Waals surface area contributed by atoms with Gasteiger partial charge in [0.15, 0.2) is 0 Å².